The first-order valence-electron chi connectivity index (χ1n) is 6.65. The van der Waals surface area contributed by atoms with Crippen LogP contribution in [0, 0.1) is 0 Å². The fourth-order valence-corrected chi connectivity index (χ4v) is 1.63. The topological polar surface area (TPSA) is 90.4 Å². The Balaban J connectivity index is 2.24. The van der Waals surface area contributed by atoms with Crippen molar-refractivity contribution in [3.63, 3.8) is 0 Å². The van der Waals surface area contributed by atoms with Crippen molar-refractivity contribution < 1.29 is 9.53 Å². The van der Waals surface area contributed by atoms with Gasteiger partial charge in [-0.3, -0.25) is 4.79 Å². The molecule has 0 fully saturated rings. The quantitative estimate of drug-likeness (QED) is 0.493. The van der Waals surface area contributed by atoms with Crippen LogP contribution in [-0.2, 0) is 4.74 Å². The minimum Gasteiger partial charge on any atom is -0.399 e. The van der Waals surface area contributed by atoms with Gasteiger partial charge in [-0.25, -0.2) is 0 Å². The minimum absolute atomic E-state index is 0.160. The Morgan fingerprint density at radius 1 is 1.16 bits per heavy atom. The smallest absolute Gasteiger partial charge is 0.251 e. The second-order valence-electron chi connectivity index (χ2n) is 4.46. The van der Waals surface area contributed by atoms with Crippen molar-refractivity contribution in [1.82, 2.24) is 5.32 Å². The highest BCUT2D eigenvalue weighted by Crippen LogP contribution is 2.13. The molecular weight excluding hydrogens is 242 g/mol. The number of nitrogen functional groups attached to an aromatic ring is 2. The second kappa shape index (κ2) is 8.37. The molecule has 0 aliphatic heterocycles. The summed E-state index contributed by atoms with van der Waals surface area (Å²) >= 11 is 0. The van der Waals surface area contributed by atoms with E-state index in [-0.39, 0.29) is 5.91 Å². The van der Waals surface area contributed by atoms with Crippen LogP contribution in [0.2, 0.25) is 0 Å². The van der Waals surface area contributed by atoms with Gasteiger partial charge in [-0.2, -0.15) is 0 Å². The zero-order valence-corrected chi connectivity index (χ0v) is 11.4. The molecule has 0 atom stereocenters. The van der Waals surface area contributed by atoms with Gasteiger partial charge in [0.2, 0.25) is 0 Å². The molecule has 1 amide bonds. The standard InChI is InChI=1S/C14H23N3O2/c1-2-3-6-19-7-4-5-17-14(18)11-8-12(15)10-13(16)9-11/h8-10H,2-7,15-16H2,1H3,(H,17,18). The lowest BCUT2D eigenvalue weighted by Crippen LogP contribution is -2.25. The number of anilines is 2. The van der Waals surface area contributed by atoms with Crippen LogP contribution in [0.15, 0.2) is 18.2 Å². The van der Waals surface area contributed by atoms with Crippen LogP contribution >= 0.6 is 0 Å². The lowest BCUT2D eigenvalue weighted by atomic mass is 10.1. The maximum absolute atomic E-state index is 11.8. The van der Waals surface area contributed by atoms with Crippen molar-refractivity contribution >= 4 is 17.3 Å². The largest absolute Gasteiger partial charge is 0.399 e. The van der Waals surface area contributed by atoms with Crippen molar-refractivity contribution in [3.8, 4) is 0 Å². The number of rotatable bonds is 8. The van der Waals surface area contributed by atoms with E-state index in [1.807, 2.05) is 0 Å². The average Bonchev–Trinajstić information content (AvgIpc) is 2.36. The number of ether oxygens (including phenoxy) is 1. The summed E-state index contributed by atoms with van der Waals surface area (Å²) in [5.41, 5.74) is 12.8. The predicted molar refractivity (Wildman–Crippen MR) is 77.9 cm³/mol. The van der Waals surface area contributed by atoms with Crippen LogP contribution in [0.4, 0.5) is 11.4 Å². The van der Waals surface area contributed by atoms with Crippen LogP contribution in [0.25, 0.3) is 0 Å². The van der Waals surface area contributed by atoms with Crippen LogP contribution in [0.1, 0.15) is 36.5 Å². The fraction of sp³-hybridized carbons (Fsp3) is 0.500. The summed E-state index contributed by atoms with van der Waals surface area (Å²) in [5, 5.41) is 2.81. The summed E-state index contributed by atoms with van der Waals surface area (Å²) in [7, 11) is 0. The van der Waals surface area contributed by atoms with Crippen LogP contribution in [0.5, 0.6) is 0 Å². The molecule has 0 bridgehead atoms. The highest BCUT2D eigenvalue weighted by atomic mass is 16.5. The zero-order valence-electron chi connectivity index (χ0n) is 11.4. The van der Waals surface area contributed by atoms with E-state index >= 15 is 0 Å². The Morgan fingerprint density at radius 3 is 2.42 bits per heavy atom. The SMILES string of the molecule is CCCCOCCCNC(=O)c1cc(N)cc(N)c1. The fourth-order valence-electron chi connectivity index (χ4n) is 1.63. The number of hydrogen-bond acceptors (Lipinski definition) is 4. The van der Waals surface area contributed by atoms with Crippen molar-refractivity contribution in [2.75, 3.05) is 31.2 Å². The van der Waals surface area contributed by atoms with Gasteiger partial charge in [-0.1, -0.05) is 13.3 Å². The van der Waals surface area contributed by atoms with Gasteiger partial charge in [0.15, 0.2) is 0 Å². The van der Waals surface area contributed by atoms with Gasteiger partial charge in [0.1, 0.15) is 0 Å². The Morgan fingerprint density at radius 2 is 1.79 bits per heavy atom. The number of benzene rings is 1. The van der Waals surface area contributed by atoms with Gasteiger partial charge in [0.05, 0.1) is 0 Å². The summed E-state index contributed by atoms with van der Waals surface area (Å²) < 4.78 is 5.41. The predicted octanol–water partition coefficient (Wildman–Crippen LogP) is 1.79. The Bertz CT molecular complexity index is 387. The summed E-state index contributed by atoms with van der Waals surface area (Å²) in [4.78, 5) is 11.8. The second-order valence-corrected chi connectivity index (χ2v) is 4.46. The van der Waals surface area contributed by atoms with E-state index in [0.29, 0.717) is 30.1 Å². The van der Waals surface area contributed by atoms with Gasteiger partial charge in [-0.15, -0.1) is 0 Å². The van der Waals surface area contributed by atoms with Gasteiger partial charge < -0.3 is 21.5 Å². The number of hydrogen-bond donors (Lipinski definition) is 3. The molecule has 5 N–H and O–H groups in total. The third kappa shape index (κ3) is 6.10. The monoisotopic (exact) mass is 265 g/mol. The molecule has 0 unspecified atom stereocenters. The molecule has 0 radical (unpaired) electrons. The van der Waals surface area contributed by atoms with E-state index in [1.165, 1.54) is 0 Å². The summed E-state index contributed by atoms with van der Waals surface area (Å²) in [6.45, 7) is 4.16. The van der Waals surface area contributed by atoms with E-state index in [9.17, 15) is 4.79 Å². The maximum atomic E-state index is 11.8. The van der Waals surface area contributed by atoms with Crippen molar-refractivity contribution in [3.05, 3.63) is 23.8 Å². The first kappa shape index (κ1) is 15.3. The molecule has 19 heavy (non-hydrogen) atoms. The van der Waals surface area contributed by atoms with Gasteiger partial charge in [0.25, 0.3) is 5.91 Å². The van der Waals surface area contributed by atoms with E-state index in [1.54, 1.807) is 18.2 Å². The van der Waals surface area contributed by atoms with Crippen LogP contribution in [0.3, 0.4) is 0 Å². The van der Waals surface area contributed by atoms with E-state index in [0.717, 1.165) is 25.9 Å². The third-order valence-corrected chi connectivity index (χ3v) is 2.63. The average molecular weight is 265 g/mol. The van der Waals surface area contributed by atoms with Gasteiger partial charge >= 0.3 is 0 Å². The molecule has 1 aromatic carbocycles. The van der Waals surface area contributed by atoms with Gasteiger partial charge in [0, 0.05) is 36.7 Å². The number of carbonyl (C=O) groups excluding carboxylic acids is 1. The molecule has 5 heteroatoms. The molecule has 1 rings (SSSR count). The molecule has 106 valence electrons. The molecule has 0 saturated heterocycles. The third-order valence-electron chi connectivity index (χ3n) is 2.63. The molecule has 0 aromatic heterocycles. The molecular formula is C14H23N3O2. The summed E-state index contributed by atoms with van der Waals surface area (Å²) in [5.74, 6) is -0.160. The highest BCUT2D eigenvalue weighted by Gasteiger charge is 2.06. The Labute approximate surface area is 114 Å². The Kier molecular flexibility index (Phi) is 6.74. The zero-order chi connectivity index (χ0) is 14.1. The first-order chi connectivity index (χ1) is 9.13. The Hall–Kier alpha value is -1.75. The van der Waals surface area contributed by atoms with Crippen molar-refractivity contribution in [1.29, 1.82) is 0 Å². The lowest BCUT2D eigenvalue weighted by molar-refractivity contribution is 0.0940. The maximum Gasteiger partial charge on any atom is 0.251 e. The van der Waals surface area contributed by atoms with Crippen LogP contribution < -0.4 is 16.8 Å². The van der Waals surface area contributed by atoms with E-state index in [2.05, 4.69) is 12.2 Å². The highest BCUT2D eigenvalue weighted by molar-refractivity contribution is 5.96. The molecule has 1 aromatic rings. The molecule has 0 saturated carbocycles. The van der Waals surface area contributed by atoms with Crippen LogP contribution in [-0.4, -0.2) is 25.7 Å². The first-order valence-corrected chi connectivity index (χ1v) is 6.65. The minimum atomic E-state index is -0.160. The van der Waals surface area contributed by atoms with Gasteiger partial charge in [-0.05, 0) is 31.0 Å². The number of nitrogens with two attached hydrogens (primary N) is 2. The number of amides is 1. The van der Waals surface area contributed by atoms with E-state index in [4.69, 9.17) is 16.2 Å². The number of nitrogens with one attached hydrogen (secondary N) is 1. The lowest BCUT2D eigenvalue weighted by Gasteiger charge is -2.07. The van der Waals surface area contributed by atoms with Crippen molar-refractivity contribution in [2.24, 2.45) is 0 Å². The molecule has 5 nitrogen and oxygen atoms in total. The molecule has 0 heterocycles. The summed E-state index contributed by atoms with van der Waals surface area (Å²) in [6.07, 6.45) is 3.01. The number of unbranched alkanes of at least 4 members (excludes halogenated alkanes) is 1. The van der Waals surface area contributed by atoms with E-state index < -0.39 is 0 Å². The normalized spacial score (nSPS) is 10.4. The van der Waals surface area contributed by atoms with Crippen molar-refractivity contribution in [2.45, 2.75) is 26.2 Å². The molecule has 0 aliphatic carbocycles. The number of carbonyl (C=O) groups is 1. The molecule has 0 aliphatic rings. The summed E-state index contributed by atoms with van der Waals surface area (Å²) in [6, 6.07) is 4.85. The molecule has 0 spiro atoms.